The van der Waals surface area contributed by atoms with Gasteiger partial charge < -0.3 is 9.80 Å². The van der Waals surface area contributed by atoms with Crippen LogP contribution >= 0.6 is 11.6 Å². The summed E-state index contributed by atoms with van der Waals surface area (Å²) in [5.74, 6) is 0.185. The number of carbonyl (C=O) groups is 2. The normalized spacial score (nSPS) is 22.4. The van der Waals surface area contributed by atoms with Gasteiger partial charge in [-0.05, 0) is 50.5 Å². The molecule has 2 aliphatic rings. The zero-order valence-corrected chi connectivity index (χ0v) is 16.6. The van der Waals surface area contributed by atoms with Crippen molar-refractivity contribution in [2.45, 2.75) is 33.1 Å². The molecule has 3 heterocycles. The number of rotatable bonds is 3. The van der Waals surface area contributed by atoms with Crippen LogP contribution in [0.5, 0.6) is 0 Å². The van der Waals surface area contributed by atoms with E-state index in [1.54, 1.807) is 12.1 Å². The number of fused-ring (bicyclic) bond motifs is 1. The fraction of sp³-hybridized carbons (Fsp3) is 0.476. The molecule has 0 N–H and O–H groups in total. The number of aromatic nitrogens is 1. The van der Waals surface area contributed by atoms with Gasteiger partial charge in [0.15, 0.2) is 0 Å². The number of hydrogen-bond acceptors (Lipinski definition) is 3. The molecule has 1 spiro atoms. The quantitative estimate of drug-likeness (QED) is 0.810. The van der Waals surface area contributed by atoms with Crippen molar-refractivity contribution in [2.75, 3.05) is 26.2 Å². The van der Waals surface area contributed by atoms with Gasteiger partial charge in [0.25, 0.3) is 5.91 Å². The molecular weight excluding hydrogens is 362 g/mol. The van der Waals surface area contributed by atoms with E-state index in [2.05, 4.69) is 11.9 Å². The van der Waals surface area contributed by atoms with Crippen LogP contribution in [0, 0.1) is 12.3 Å². The van der Waals surface area contributed by atoms with Crippen LogP contribution in [0.4, 0.5) is 0 Å². The van der Waals surface area contributed by atoms with E-state index in [9.17, 15) is 9.59 Å². The molecule has 0 saturated carbocycles. The van der Waals surface area contributed by atoms with Crippen LogP contribution in [0.2, 0.25) is 5.02 Å². The molecule has 0 aliphatic carbocycles. The summed E-state index contributed by atoms with van der Waals surface area (Å²) in [6, 6.07) is 7.25. The molecule has 1 unspecified atom stereocenters. The number of benzene rings is 1. The number of likely N-dealkylation sites (tertiary alicyclic amines) is 2. The van der Waals surface area contributed by atoms with Crippen LogP contribution in [0.25, 0.3) is 10.9 Å². The van der Waals surface area contributed by atoms with Gasteiger partial charge in [-0.1, -0.05) is 18.5 Å². The van der Waals surface area contributed by atoms with E-state index >= 15 is 0 Å². The maximum absolute atomic E-state index is 13.3. The molecule has 0 radical (unpaired) electrons. The Morgan fingerprint density at radius 3 is 2.81 bits per heavy atom. The molecule has 4 rings (SSSR count). The Morgan fingerprint density at radius 1 is 1.26 bits per heavy atom. The van der Waals surface area contributed by atoms with Crippen LogP contribution in [-0.2, 0) is 4.79 Å². The van der Waals surface area contributed by atoms with E-state index in [0.717, 1.165) is 48.9 Å². The molecule has 5 nitrogen and oxygen atoms in total. The van der Waals surface area contributed by atoms with Crippen molar-refractivity contribution in [3.63, 3.8) is 0 Å². The second-order valence-corrected chi connectivity index (χ2v) is 8.21. The van der Waals surface area contributed by atoms with Crippen LogP contribution < -0.4 is 0 Å². The summed E-state index contributed by atoms with van der Waals surface area (Å²) in [7, 11) is 0. The number of halogens is 1. The Bertz CT molecular complexity index is 929. The predicted octanol–water partition coefficient (Wildman–Crippen LogP) is 3.67. The topological polar surface area (TPSA) is 53.5 Å². The van der Waals surface area contributed by atoms with Crippen molar-refractivity contribution in [3.05, 3.63) is 40.5 Å². The summed E-state index contributed by atoms with van der Waals surface area (Å²) in [5, 5.41) is 1.35. The summed E-state index contributed by atoms with van der Waals surface area (Å²) < 4.78 is 0. The number of nitrogens with zero attached hydrogens (tertiary/aromatic N) is 3. The highest BCUT2D eigenvalue weighted by atomic mass is 35.5. The Hall–Kier alpha value is -2.14. The third-order valence-corrected chi connectivity index (χ3v) is 6.10. The average molecular weight is 386 g/mol. The van der Waals surface area contributed by atoms with Gasteiger partial charge in [0.2, 0.25) is 5.91 Å². The third kappa shape index (κ3) is 3.08. The maximum Gasteiger partial charge on any atom is 0.254 e. The highest BCUT2D eigenvalue weighted by molar-refractivity contribution is 6.31. The second kappa shape index (κ2) is 6.79. The first-order valence-electron chi connectivity index (χ1n) is 9.59. The van der Waals surface area contributed by atoms with E-state index in [1.807, 2.05) is 28.9 Å². The summed E-state index contributed by atoms with van der Waals surface area (Å²) in [6.07, 6.45) is 2.56. The fourth-order valence-electron chi connectivity index (χ4n) is 4.48. The number of hydrogen-bond donors (Lipinski definition) is 0. The van der Waals surface area contributed by atoms with Gasteiger partial charge in [0, 0.05) is 42.3 Å². The molecule has 142 valence electrons. The molecule has 1 aromatic heterocycles. The van der Waals surface area contributed by atoms with Crippen molar-refractivity contribution >= 4 is 34.3 Å². The lowest BCUT2D eigenvalue weighted by Crippen LogP contribution is -2.38. The second-order valence-electron chi connectivity index (χ2n) is 7.77. The maximum atomic E-state index is 13.3. The predicted molar refractivity (Wildman–Crippen MR) is 106 cm³/mol. The first kappa shape index (κ1) is 18.2. The van der Waals surface area contributed by atoms with Crippen molar-refractivity contribution in [3.8, 4) is 0 Å². The molecule has 2 aromatic rings. The number of carbonyl (C=O) groups excluding carboxylic acids is 2. The van der Waals surface area contributed by atoms with Crippen LogP contribution in [0.1, 0.15) is 42.2 Å². The lowest BCUT2D eigenvalue weighted by molar-refractivity contribution is -0.135. The smallest absolute Gasteiger partial charge is 0.254 e. The van der Waals surface area contributed by atoms with Crippen molar-refractivity contribution in [1.29, 1.82) is 0 Å². The largest absolute Gasteiger partial charge is 0.342 e. The molecule has 1 atom stereocenters. The standard InChI is InChI=1S/C21H24ClN3O2/c1-3-8-24-9-6-21(20(24)27)7-10-25(13-21)19(26)17-11-14(2)23-18-5-4-15(22)12-16(17)18/h4-5,11-12H,3,6-10,13H2,1-2H3. The lowest BCUT2D eigenvalue weighted by atomic mass is 9.85. The third-order valence-electron chi connectivity index (χ3n) is 5.86. The molecule has 0 bridgehead atoms. The Balaban J connectivity index is 1.63. The van der Waals surface area contributed by atoms with Gasteiger partial charge in [0.1, 0.15) is 0 Å². The first-order chi connectivity index (χ1) is 12.9. The van der Waals surface area contributed by atoms with Crippen molar-refractivity contribution in [2.24, 2.45) is 5.41 Å². The first-order valence-corrected chi connectivity index (χ1v) is 9.97. The highest BCUT2D eigenvalue weighted by Crippen LogP contribution is 2.41. The van der Waals surface area contributed by atoms with E-state index in [1.165, 1.54) is 0 Å². The van der Waals surface area contributed by atoms with Gasteiger partial charge in [-0.25, -0.2) is 0 Å². The van der Waals surface area contributed by atoms with Crippen molar-refractivity contribution in [1.82, 2.24) is 14.8 Å². The molecule has 1 aromatic carbocycles. The van der Waals surface area contributed by atoms with E-state index in [0.29, 0.717) is 23.7 Å². The summed E-state index contributed by atoms with van der Waals surface area (Å²) in [6.45, 7) is 6.72. The molecular formula is C21H24ClN3O2. The van der Waals surface area contributed by atoms with Gasteiger partial charge in [-0.15, -0.1) is 0 Å². The molecule has 2 amide bonds. The monoisotopic (exact) mass is 385 g/mol. The minimum Gasteiger partial charge on any atom is -0.342 e. The van der Waals surface area contributed by atoms with E-state index < -0.39 is 0 Å². The van der Waals surface area contributed by atoms with E-state index in [4.69, 9.17) is 11.6 Å². The van der Waals surface area contributed by atoms with Crippen molar-refractivity contribution < 1.29 is 9.59 Å². The molecule has 27 heavy (non-hydrogen) atoms. The summed E-state index contributed by atoms with van der Waals surface area (Å²) in [4.78, 5) is 34.5. The van der Waals surface area contributed by atoms with Gasteiger partial charge in [0.05, 0.1) is 16.5 Å². The van der Waals surface area contributed by atoms with Crippen LogP contribution in [0.15, 0.2) is 24.3 Å². The van der Waals surface area contributed by atoms with E-state index in [-0.39, 0.29) is 17.2 Å². The van der Waals surface area contributed by atoms with Gasteiger partial charge in [-0.2, -0.15) is 0 Å². The number of aryl methyl sites for hydroxylation is 1. The zero-order chi connectivity index (χ0) is 19.2. The number of amides is 2. The molecule has 2 aliphatic heterocycles. The summed E-state index contributed by atoms with van der Waals surface area (Å²) >= 11 is 6.16. The van der Waals surface area contributed by atoms with Crippen LogP contribution in [-0.4, -0.2) is 52.8 Å². The minimum atomic E-state index is -0.389. The Labute approximate surface area is 164 Å². The molecule has 6 heteroatoms. The highest BCUT2D eigenvalue weighted by Gasteiger charge is 2.51. The number of pyridine rings is 1. The lowest BCUT2D eigenvalue weighted by Gasteiger charge is -2.24. The summed E-state index contributed by atoms with van der Waals surface area (Å²) in [5.41, 5.74) is 1.80. The fourth-order valence-corrected chi connectivity index (χ4v) is 4.65. The van der Waals surface area contributed by atoms with Crippen LogP contribution in [0.3, 0.4) is 0 Å². The zero-order valence-electron chi connectivity index (χ0n) is 15.8. The minimum absolute atomic E-state index is 0.0358. The molecule has 2 fully saturated rings. The average Bonchev–Trinajstić information content (AvgIpc) is 3.21. The Kier molecular flexibility index (Phi) is 4.58. The van der Waals surface area contributed by atoms with Gasteiger partial charge >= 0.3 is 0 Å². The van der Waals surface area contributed by atoms with Gasteiger partial charge in [-0.3, -0.25) is 14.6 Å². The molecule has 2 saturated heterocycles. The SMILES string of the molecule is CCCN1CCC2(CCN(C(=O)c3cc(C)nc4ccc(Cl)cc34)C2)C1=O. The Morgan fingerprint density at radius 2 is 2.04 bits per heavy atom.